The Labute approximate surface area is 148 Å². The Morgan fingerprint density at radius 3 is 2.48 bits per heavy atom. The second-order valence-corrected chi connectivity index (χ2v) is 8.67. The lowest BCUT2D eigenvalue weighted by atomic mass is 10.1. The quantitative estimate of drug-likeness (QED) is 0.915. The number of carbonyl (C=O) groups excluding carboxylic acids is 1. The average Bonchev–Trinajstić information content (AvgIpc) is 3.10. The van der Waals surface area contributed by atoms with Gasteiger partial charge in [-0.1, -0.05) is 24.3 Å². The summed E-state index contributed by atoms with van der Waals surface area (Å²) in [6.07, 6.45) is 0.456. The summed E-state index contributed by atoms with van der Waals surface area (Å²) in [6.45, 7) is 4.66. The first-order valence-corrected chi connectivity index (χ1v) is 9.84. The lowest BCUT2D eigenvalue weighted by Crippen LogP contribution is -2.35. The van der Waals surface area contributed by atoms with Crippen LogP contribution in [0.2, 0.25) is 0 Å². The first-order chi connectivity index (χ1) is 11.9. The molecule has 1 heterocycles. The van der Waals surface area contributed by atoms with Gasteiger partial charge < -0.3 is 10.2 Å². The van der Waals surface area contributed by atoms with Gasteiger partial charge in [0.15, 0.2) is 9.84 Å². The van der Waals surface area contributed by atoms with Crippen molar-refractivity contribution in [2.75, 3.05) is 18.4 Å². The summed E-state index contributed by atoms with van der Waals surface area (Å²) in [6, 6.07) is 13.9. The summed E-state index contributed by atoms with van der Waals surface area (Å²) < 4.78 is 25.4. The zero-order valence-corrected chi connectivity index (χ0v) is 15.2. The van der Waals surface area contributed by atoms with Crippen LogP contribution < -0.4 is 5.32 Å². The minimum absolute atomic E-state index is 0.216. The highest BCUT2D eigenvalue weighted by molar-refractivity contribution is 7.92. The fraction of sp³-hybridized carbons (Fsp3) is 0.316. The van der Waals surface area contributed by atoms with Crippen molar-refractivity contribution in [1.29, 1.82) is 0 Å². The Morgan fingerprint density at radius 2 is 1.80 bits per heavy atom. The SMILES string of the molecule is Cc1ccc(NC(=O)N2CCC(S(=O)(=O)c3ccccc3)C2)cc1C. The van der Waals surface area contributed by atoms with E-state index in [1.54, 1.807) is 35.2 Å². The Balaban J connectivity index is 1.68. The molecule has 0 saturated carbocycles. The molecule has 0 aliphatic carbocycles. The highest BCUT2D eigenvalue weighted by Crippen LogP contribution is 2.24. The monoisotopic (exact) mass is 358 g/mol. The summed E-state index contributed by atoms with van der Waals surface area (Å²) in [5.74, 6) is 0. The molecular weight excluding hydrogens is 336 g/mol. The Hall–Kier alpha value is -2.34. The molecule has 0 radical (unpaired) electrons. The van der Waals surface area contributed by atoms with Gasteiger partial charge >= 0.3 is 6.03 Å². The molecule has 0 bridgehead atoms. The van der Waals surface area contributed by atoms with Crippen LogP contribution in [0.15, 0.2) is 53.4 Å². The van der Waals surface area contributed by atoms with E-state index in [2.05, 4.69) is 5.32 Å². The first kappa shape index (κ1) is 17.5. The molecule has 3 rings (SSSR count). The van der Waals surface area contributed by atoms with Gasteiger partial charge in [0.05, 0.1) is 10.1 Å². The second-order valence-electron chi connectivity index (χ2n) is 6.44. The molecule has 132 valence electrons. The topological polar surface area (TPSA) is 66.5 Å². The number of likely N-dealkylation sites (tertiary alicyclic amines) is 1. The summed E-state index contributed by atoms with van der Waals surface area (Å²) in [5.41, 5.74) is 2.99. The fourth-order valence-corrected chi connectivity index (χ4v) is 4.70. The maximum Gasteiger partial charge on any atom is 0.321 e. The summed E-state index contributed by atoms with van der Waals surface area (Å²) in [7, 11) is -3.41. The predicted molar refractivity (Wildman–Crippen MR) is 98.5 cm³/mol. The molecule has 5 nitrogen and oxygen atoms in total. The maximum absolute atomic E-state index is 12.7. The lowest BCUT2D eigenvalue weighted by Gasteiger charge is -2.18. The van der Waals surface area contributed by atoms with E-state index in [0.29, 0.717) is 17.9 Å². The van der Waals surface area contributed by atoms with Crippen LogP contribution in [0.5, 0.6) is 0 Å². The van der Waals surface area contributed by atoms with E-state index < -0.39 is 15.1 Å². The van der Waals surface area contributed by atoms with E-state index in [1.807, 2.05) is 32.0 Å². The van der Waals surface area contributed by atoms with Crippen molar-refractivity contribution in [3.05, 3.63) is 59.7 Å². The summed E-state index contributed by atoms with van der Waals surface area (Å²) in [4.78, 5) is 14.3. The van der Waals surface area contributed by atoms with E-state index in [0.717, 1.165) is 16.8 Å². The normalized spacial score (nSPS) is 17.5. The van der Waals surface area contributed by atoms with Gasteiger partial charge in [0.25, 0.3) is 0 Å². The number of rotatable bonds is 3. The third-order valence-corrected chi connectivity index (χ3v) is 6.89. The van der Waals surface area contributed by atoms with Gasteiger partial charge in [-0.05, 0) is 55.7 Å². The number of carbonyl (C=O) groups is 1. The Bertz CT molecular complexity index is 879. The summed E-state index contributed by atoms with van der Waals surface area (Å²) in [5, 5.41) is 2.30. The standard InChI is InChI=1S/C19H22N2O3S/c1-14-8-9-16(12-15(14)2)20-19(22)21-11-10-18(13-21)25(23,24)17-6-4-3-5-7-17/h3-9,12,18H,10-11,13H2,1-2H3,(H,20,22). The number of hydrogen-bond acceptors (Lipinski definition) is 3. The van der Waals surface area contributed by atoms with E-state index in [1.165, 1.54) is 0 Å². The largest absolute Gasteiger partial charge is 0.323 e. The number of urea groups is 1. The van der Waals surface area contributed by atoms with Crippen molar-refractivity contribution in [3.63, 3.8) is 0 Å². The van der Waals surface area contributed by atoms with Gasteiger partial charge in [-0.2, -0.15) is 0 Å². The van der Waals surface area contributed by atoms with E-state index in [9.17, 15) is 13.2 Å². The fourth-order valence-electron chi connectivity index (χ4n) is 2.99. The number of benzene rings is 2. The molecule has 2 aromatic rings. The Morgan fingerprint density at radius 1 is 1.08 bits per heavy atom. The second kappa shape index (κ2) is 6.88. The summed E-state index contributed by atoms with van der Waals surface area (Å²) >= 11 is 0. The minimum Gasteiger partial charge on any atom is -0.323 e. The number of nitrogens with zero attached hydrogens (tertiary/aromatic N) is 1. The number of aryl methyl sites for hydroxylation is 2. The molecule has 0 aromatic heterocycles. The van der Waals surface area contributed by atoms with Crippen LogP contribution in [0, 0.1) is 13.8 Å². The molecule has 2 amide bonds. The number of sulfone groups is 1. The van der Waals surface area contributed by atoms with Gasteiger partial charge in [-0.25, -0.2) is 13.2 Å². The van der Waals surface area contributed by atoms with Crippen LogP contribution in [-0.4, -0.2) is 37.7 Å². The van der Waals surface area contributed by atoms with Crippen LogP contribution in [0.3, 0.4) is 0 Å². The molecule has 6 heteroatoms. The molecule has 25 heavy (non-hydrogen) atoms. The van der Waals surface area contributed by atoms with Crippen LogP contribution in [0.4, 0.5) is 10.5 Å². The zero-order valence-electron chi connectivity index (χ0n) is 14.4. The lowest BCUT2D eigenvalue weighted by molar-refractivity contribution is 0.222. The third-order valence-electron chi connectivity index (χ3n) is 4.70. The van der Waals surface area contributed by atoms with Crippen LogP contribution in [-0.2, 0) is 9.84 Å². The first-order valence-electron chi connectivity index (χ1n) is 8.30. The Kier molecular flexibility index (Phi) is 4.81. The molecule has 1 unspecified atom stereocenters. The van der Waals surface area contributed by atoms with E-state index >= 15 is 0 Å². The smallest absolute Gasteiger partial charge is 0.321 e. The van der Waals surface area contributed by atoms with Gasteiger partial charge in [-0.3, -0.25) is 0 Å². The molecule has 1 N–H and O–H groups in total. The molecule has 0 spiro atoms. The van der Waals surface area contributed by atoms with Crippen molar-refractivity contribution in [2.45, 2.75) is 30.4 Å². The van der Waals surface area contributed by atoms with Gasteiger partial charge in [0, 0.05) is 18.8 Å². The number of amides is 2. The van der Waals surface area contributed by atoms with Crippen molar-refractivity contribution < 1.29 is 13.2 Å². The van der Waals surface area contributed by atoms with Crippen LogP contribution >= 0.6 is 0 Å². The minimum atomic E-state index is -3.41. The van der Waals surface area contributed by atoms with Gasteiger partial charge in [0.2, 0.25) is 0 Å². The highest BCUT2D eigenvalue weighted by Gasteiger charge is 2.36. The van der Waals surface area contributed by atoms with Crippen LogP contribution in [0.1, 0.15) is 17.5 Å². The average molecular weight is 358 g/mol. The van der Waals surface area contributed by atoms with Crippen molar-refractivity contribution in [1.82, 2.24) is 4.90 Å². The number of hydrogen-bond donors (Lipinski definition) is 1. The number of anilines is 1. The molecule has 2 aromatic carbocycles. The molecular formula is C19H22N2O3S. The molecule has 1 fully saturated rings. The zero-order chi connectivity index (χ0) is 18.0. The van der Waals surface area contributed by atoms with Crippen molar-refractivity contribution >= 4 is 21.6 Å². The van der Waals surface area contributed by atoms with Gasteiger partial charge in [-0.15, -0.1) is 0 Å². The number of nitrogens with one attached hydrogen (secondary N) is 1. The maximum atomic E-state index is 12.7. The van der Waals surface area contributed by atoms with E-state index in [-0.39, 0.29) is 12.6 Å². The van der Waals surface area contributed by atoms with Crippen molar-refractivity contribution in [2.24, 2.45) is 0 Å². The van der Waals surface area contributed by atoms with Crippen molar-refractivity contribution in [3.8, 4) is 0 Å². The molecule has 1 saturated heterocycles. The van der Waals surface area contributed by atoms with Gasteiger partial charge in [0.1, 0.15) is 0 Å². The molecule has 1 aliphatic heterocycles. The predicted octanol–water partition coefficient (Wildman–Crippen LogP) is 3.38. The molecule has 1 aliphatic rings. The highest BCUT2D eigenvalue weighted by atomic mass is 32.2. The van der Waals surface area contributed by atoms with E-state index in [4.69, 9.17) is 0 Å². The third kappa shape index (κ3) is 3.69. The van der Waals surface area contributed by atoms with Crippen LogP contribution in [0.25, 0.3) is 0 Å². The molecule has 1 atom stereocenters.